The number of hydrogen-bond acceptors (Lipinski definition) is 2. The van der Waals surface area contributed by atoms with Crippen LogP contribution in [0.1, 0.15) is 22.3 Å². The van der Waals surface area contributed by atoms with Crippen molar-refractivity contribution in [2.45, 2.75) is 64.2 Å². The Morgan fingerprint density at radius 3 is 1.32 bits per heavy atom. The predicted molar refractivity (Wildman–Crippen MR) is 132 cm³/mol. The zero-order chi connectivity index (χ0) is 20.6. The first-order valence-corrected chi connectivity index (χ1v) is 17.8. The molecule has 0 atom stereocenters. The predicted octanol–water partition coefficient (Wildman–Crippen LogP) is 6.90. The highest BCUT2D eigenvalue weighted by Crippen LogP contribution is 2.17. The molecule has 2 aromatic rings. The first kappa shape index (κ1) is 22.5. The molecule has 28 heavy (non-hydrogen) atoms. The molecule has 0 radical (unpaired) electrons. The van der Waals surface area contributed by atoms with Crippen LogP contribution in [0, 0.1) is 0 Å². The second-order valence-corrected chi connectivity index (χ2v) is 21.3. The van der Waals surface area contributed by atoms with Crippen LogP contribution in [-0.2, 0) is 12.8 Å². The standard InChI is InChI=1S/C24H36N2Si2/c1-27(2,3)17-15-21-11-7-9-13-23(21)19-25-26-20-24-14-10-8-12-22(24)16-18-28(4,5)6/h7-14,19-20H,15-18H2,1-6H3/b25-19+,26-20+. The van der Waals surface area contributed by atoms with Crippen molar-refractivity contribution < 1.29 is 0 Å². The highest BCUT2D eigenvalue weighted by Gasteiger charge is 2.14. The van der Waals surface area contributed by atoms with Crippen LogP contribution in [0.15, 0.2) is 58.7 Å². The summed E-state index contributed by atoms with van der Waals surface area (Å²) in [7, 11) is -2.09. The van der Waals surface area contributed by atoms with Gasteiger partial charge in [-0.1, -0.05) is 99.9 Å². The van der Waals surface area contributed by atoms with Gasteiger partial charge >= 0.3 is 0 Å². The van der Waals surface area contributed by atoms with Crippen molar-refractivity contribution in [3.8, 4) is 0 Å². The number of nitrogens with zero attached hydrogens (tertiary/aromatic N) is 2. The Kier molecular flexibility index (Phi) is 8.14. The maximum absolute atomic E-state index is 4.36. The third kappa shape index (κ3) is 8.49. The maximum Gasteiger partial charge on any atom is 0.0570 e. The van der Waals surface area contributed by atoms with Gasteiger partial charge in [0.2, 0.25) is 0 Å². The average molecular weight is 409 g/mol. The average Bonchev–Trinajstić information content (AvgIpc) is 2.62. The lowest BCUT2D eigenvalue weighted by Gasteiger charge is -2.16. The molecule has 150 valence electrons. The molecule has 0 amide bonds. The number of hydrogen-bond donors (Lipinski definition) is 0. The van der Waals surface area contributed by atoms with Gasteiger partial charge in [-0.15, -0.1) is 0 Å². The second-order valence-electron chi connectivity index (χ2n) is 10.0. The SMILES string of the molecule is C[Si](C)(C)CCc1ccccc1/C=N/N=C/c1ccccc1CC[Si](C)(C)C. The minimum absolute atomic E-state index is 1.04. The molecule has 0 fully saturated rings. The van der Waals surface area contributed by atoms with Crippen LogP contribution < -0.4 is 0 Å². The minimum atomic E-state index is -1.04. The van der Waals surface area contributed by atoms with E-state index in [4.69, 9.17) is 0 Å². The molecule has 0 spiro atoms. The molecule has 0 saturated heterocycles. The Morgan fingerprint density at radius 1 is 0.607 bits per heavy atom. The molecule has 0 heterocycles. The summed E-state index contributed by atoms with van der Waals surface area (Å²) in [5.41, 5.74) is 5.12. The zero-order valence-corrected chi connectivity index (χ0v) is 20.5. The van der Waals surface area contributed by atoms with Crippen LogP contribution in [0.25, 0.3) is 0 Å². The van der Waals surface area contributed by atoms with Gasteiger partial charge in [-0.2, -0.15) is 10.2 Å². The summed E-state index contributed by atoms with van der Waals surface area (Å²) in [5.74, 6) is 0. The van der Waals surface area contributed by atoms with Crippen LogP contribution in [0.5, 0.6) is 0 Å². The summed E-state index contributed by atoms with van der Waals surface area (Å²) in [6, 6.07) is 19.7. The van der Waals surface area contributed by atoms with E-state index < -0.39 is 16.1 Å². The van der Waals surface area contributed by atoms with E-state index in [0.29, 0.717) is 0 Å². The fourth-order valence-electron chi connectivity index (χ4n) is 2.99. The minimum Gasteiger partial charge on any atom is -0.159 e. The van der Waals surface area contributed by atoms with Gasteiger partial charge < -0.3 is 0 Å². The van der Waals surface area contributed by atoms with Gasteiger partial charge in [0.05, 0.1) is 12.4 Å². The second kappa shape index (κ2) is 10.1. The Morgan fingerprint density at radius 2 is 0.964 bits per heavy atom. The van der Waals surface area contributed by atoms with E-state index in [-0.39, 0.29) is 0 Å². The Bertz CT molecular complexity index is 742. The molecule has 0 aliphatic rings. The van der Waals surface area contributed by atoms with Crippen molar-refractivity contribution in [1.82, 2.24) is 0 Å². The molecular weight excluding hydrogens is 372 g/mol. The van der Waals surface area contributed by atoms with Crippen LogP contribution >= 0.6 is 0 Å². The maximum atomic E-state index is 4.36. The van der Waals surface area contributed by atoms with Crippen LogP contribution in [0.2, 0.25) is 51.4 Å². The first-order chi connectivity index (χ1) is 13.1. The van der Waals surface area contributed by atoms with E-state index in [1.165, 1.54) is 34.3 Å². The normalized spacial score (nSPS) is 12.9. The Labute approximate surface area is 173 Å². The molecule has 0 bridgehead atoms. The lowest BCUT2D eigenvalue weighted by atomic mass is 10.1. The van der Waals surface area contributed by atoms with Crippen LogP contribution in [0.4, 0.5) is 0 Å². The first-order valence-electron chi connectivity index (χ1n) is 10.4. The molecule has 0 aliphatic heterocycles. The van der Waals surface area contributed by atoms with E-state index in [0.717, 1.165) is 12.8 Å². The summed E-state index contributed by atoms with van der Waals surface area (Å²) in [6.07, 6.45) is 6.06. The lowest BCUT2D eigenvalue weighted by Crippen LogP contribution is -2.20. The highest BCUT2D eigenvalue weighted by atomic mass is 28.3. The van der Waals surface area contributed by atoms with Gasteiger partial charge in [0.25, 0.3) is 0 Å². The Balaban J connectivity index is 2.07. The van der Waals surface area contributed by atoms with Crippen molar-refractivity contribution in [3.05, 3.63) is 70.8 Å². The number of benzene rings is 2. The molecular formula is C24H36N2Si2. The van der Waals surface area contributed by atoms with Gasteiger partial charge in [-0.05, 0) is 35.1 Å². The largest absolute Gasteiger partial charge is 0.159 e. The highest BCUT2D eigenvalue weighted by molar-refractivity contribution is 6.76. The monoisotopic (exact) mass is 408 g/mol. The van der Waals surface area contributed by atoms with Crippen molar-refractivity contribution in [2.24, 2.45) is 10.2 Å². The molecule has 2 nitrogen and oxygen atoms in total. The lowest BCUT2D eigenvalue weighted by molar-refractivity contribution is 1.09. The van der Waals surface area contributed by atoms with E-state index in [1.807, 2.05) is 12.4 Å². The van der Waals surface area contributed by atoms with Gasteiger partial charge in [0, 0.05) is 16.1 Å². The summed E-state index contributed by atoms with van der Waals surface area (Å²) in [5, 5.41) is 8.71. The fraction of sp³-hybridized carbons (Fsp3) is 0.417. The van der Waals surface area contributed by atoms with Gasteiger partial charge in [0.15, 0.2) is 0 Å². The van der Waals surface area contributed by atoms with E-state index in [1.54, 1.807) is 0 Å². The molecule has 0 saturated carbocycles. The van der Waals surface area contributed by atoms with Gasteiger partial charge in [-0.3, -0.25) is 0 Å². The molecule has 0 N–H and O–H groups in total. The van der Waals surface area contributed by atoms with Gasteiger partial charge in [-0.25, -0.2) is 0 Å². The third-order valence-electron chi connectivity index (χ3n) is 4.86. The third-order valence-corrected chi connectivity index (χ3v) is 8.36. The van der Waals surface area contributed by atoms with Gasteiger partial charge in [0.1, 0.15) is 0 Å². The molecule has 0 aliphatic carbocycles. The molecule has 0 aromatic heterocycles. The van der Waals surface area contributed by atoms with Crippen LogP contribution in [0.3, 0.4) is 0 Å². The summed E-state index contributed by atoms with van der Waals surface area (Å²) >= 11 is 0. The zero-order valence-electron chi connectivity index (χ0n) is 18.5. The van der Waals surface area contributed by atoms with Crippen molar-refractivity contribution in [2.75, 3.05) is 0 Å². The quantitative estimate of drug-likeness (QED) is 0.245. The van der Waals surface area contributed by atoms with E-state index >= 15 is 0 Å². The number of rotatable bonds is 9. The Hall–Kier alpha value is -1.79. The van der Waals surface area contributed by atoms with Crippen molar-refractivity contribution >= 4 is 28.6 Å². The molecule has 2 aromatic carbocycles. The van der Waals surface area contributed by atoms with Crippen LogP contribution in [-0.4, -0.2) is 28.6 Å². The topological polar surface area (TPSA) is 24.7 Å². The molecule has 0 unspecified atom stereocenters. The molecule has 2 rings (SSSR count). The van der Waals surface area contributed by atoms with E-state index in [2.05, 4.69) is 98.0 Å². The summed E-state index contributed by atoms with van der Waals surface area (Å²) in [4.78, 5) is 0. The van der Waals surface area contributed by atoms with Crippen molar-refractivity contribution in [3.63, 3.8) is 0 Å². The number of aryl methyl sites for hydroxylation is 2. The smallest absolute Gasteiger partial charge is 0.0570 e. The summed E-state index contributed by atoms with van der Waals surface area (Å²) in [6.45, 7) is 14.5. The van der Waals surface area contributed by atoms with E-state index in [9.17, 15) is 0 Å². The summed E-state index contributed by atoms with van der Waals surface area (Å²) < 4.78 is 0. The van der Waals surface area contributed by atoms with Crippen molar-refractivity contribution in [1.29, 1.82) is 0 Å². The fourth-order valence-corrected chi connectivity index (χ4v) is 5.02. The molecule has 4 heteroatoms.